The second-order valence-electron chi connectivity index (χ2n) is 14.1. The summed E-state index contributed by atoms with van der Waals surface area (Å²) in [6.45, 7) is 8.70. The standard InChI is InChI=1S/C35H41N7O7/c1-34(2,3)49-33(44)39-35(4)14-20-17-41(18-21(20)15-35)27-13-29(47-6)25(12-28(27)42(45)46)37-32-36-16-23(31(43)48-7)30(38-32)24-19-40(5)26-11-9-8-10-22(24)26/h8-13,16,19-21H,14-15,17-18H2,1-7H3,(H,39,44)(H,36,37,38). The molecule has 3 heterocycles. The summed E-state index contributed by atoms with van der Waals surface area (Å²) in [5, 5.41) is 19.5. The first-order valence-corrected chi connectivity index (χ1v) is 16.1. The van der Waals surface area contributed by atoms with Crippen LogP contribution in [0.5, 0.6) is 5.75 Å². The lowest BCUT2D eigenvalue weighted by Gasteiger charge is -2.30. The molecule has 1 aliphatic carbocycles. The van der Waals surface area contributed by atoms with E-state index in [1.165, 1.54) is 26.5 Å². The molecule has 2 atom stereocenters. The van der Waals surface area contributed by atoms with Gasteiger partial charge in [-0.3, -0.25) is 10.1 Å². The number of carbonyl (C=O) groups excluding carboxylic acids is 2. The molecule has 2 aromatic heterocycles. The van der Waals surface area contributed by atoms with E-state index >= 15 is 0 Å². The van der Waals surface area contributed by atoms with Gasteiger partial charge in [0.15, 0.2) is 0 Å². The SMILES string of the molecule is COC(=O)c1cnc(Nc2cc([N+](=O)[O-])c(N3CC4CC(C)(NC(=O)OC(C)(C)C)CC4C3)cc2OC)nc1-c1cn(C)c2ccccc12. The minimum absolute atomic E-state index is 0.0987. The Morgan fingerprint density at radius 1 is 1.10 bits per heavy atom. The van der Waals surface area contributed by atoms with E-state index < -0.39 is 28.1 Å². The number of nitro groups is 1. The van der Waals surface area contributed by atoms with Gasteiger partial charge in [0.25, 0.3) is 5.69 Å². The predicted octanol–water partition coefficient (Wildman–Crippen LogP) is 6.21. The van der Waals surface area contributed by atoms with Crippen LogP contribution in [-0.2, 0) is 16.5 Å². The van der Waals surface area contributed by atoms with Crippen LogP contribution < -0.4 is 20.3 Å². The average Bonchev–Trinajstić information content (AvgIpc) is 3.68. The molecule has 1 saturated heterocycles. The van der Waals surface area contributed by atoms with Crippen molar-refractivity contribution in [1.82, 2.24) is 19.9 Å². The van der Waals surface area contributed by atoms with Crippen LogP contribution in [0.4, 0.5) is 27.8 Å². The summed E-state index contributed by atoms with van der Waals surface area (Å²) in [6, 6.07) is 10.8. The molecule has 2 aromatic carbocycles. The fourth-order valence-corrected chi connectivity index (χ4v) is 7.27. The monoisotopic (exact) mass is 671 g/mol. The number of nitrogens with one attached hydrogen (secondary N) is 2. The number of amides is 1. The van der Waals surface area contributed by atoms with Crippen molar-refractivity contribution in [2.75, 3.05) is 37.5 Å². The van der Waals surface area contributed by atoms with Crippen molar-refractivity contribution in [3.63, 3.8) is 0 Å². The molecule has 1 saturated carbocycles. The molecule has 2 aliphatic rings. The minimum atomic E-state index is -0.595. The number of carbonyl (C=O) groups is 2. The fourth-order valence-electron chi connectivity index (χ4n) is 7.27. The van der Waals surface area contributed by atoms with Crippen molar-refractivity contribution in [2.24, 2.45) is 18.9 Å². The van der Waals surface area contributed by atoms with E-state index in [9.17, 15) is 19.7 Å². The molecule has 6 rings (SSSR count). The van der Waals surface area contributed by atoms with Gasteiger partial charge in [-0.25, -0.2) is 19.6 Å². The Kier molecular flexibility index (Phi) is 8.59. The molecule has 2 unspecified atom stereocenters. The number of hydrogen-bond donors (Lipinski definition) is 2. The summed E-state index contributed by atoms with van der Waals surface area (Å²) in [6.07, 6.45) is 4.28. The molecule has 0 spiro atoms. The number of methoxy groups -OCH3 is 2. The van der Waals surface area contributed by atoms with Crippen molar-refractivity contribution < 1.29 is 28.7 Å². The maximum Gasteiger partial charge on any atom is 0.408 e. The summed E-state index contributed by atoms with van der Waals surface area (Å²) in [5.41, 5.74) is 1.80. The zero-order valence-electron chi connectivity index (χ0n) is 28.7. The van der Waals surface area contributed by atoms with Crippen molar-refractivity contribution in [3.05, 3.63) is 64.5 Å². The van der Waals surface area contributed by atoms with Crippen LogP contribution in [0.1, 0.15) is 50.9 Å². The Balaban J connectivity index is 1.28. The van der Waals surface area contributed by atoms with Crippen LogP contribution in [0, 0.1) is 22.0 Å². The molecular formula is C35H41N7O7. The van der Waals surface area contributed by atoms with Crippen molar-refractivity contribution in [1.29, 1.82) is 0 Å². The Labute approximate surface area is 283 Å². The topological polar surface area (TPSA) is 163 Å². The van der Waals surface area contributed by atoms with Crippen LogP contribution in [-0.4, -0.2) is 70.0 Å². The van der Waals surface area contributed by atoms with Gasteiger partial charge in [-0.05, 0) is 58.4 Å². The first kappa shape index (κ1) is 33.5. The van der Waals surface area contributed by atoms with Gasteiger partial charge < -0.3 is 34.3 Å². The van der Waals surface area contributed by atoms with Crippen LogP contribution in [0.2, 0.25) is 0 Å². The highest BCUT2D eigenvalue weighted by Gasteiger charge is 2.48. The van der Waals surface area contributed by atoms with E-state index in [4.69, 9.17) is 19.2 Å². The summed E-state index contributed by atoms with van der Waals surface area (Å²) in [4.78, 5) is 48.4. The average molecular weight is 672 g/mol. The third-order valence-electron chi connectivity index (χ3n) is 9.23. The predicted molar refractivity (Wildman–Crippen MR) is 184 cm³/mol. The third-order valence-corrected chi connectivity index (χ3v) is 9.23. The highest BCUT2D eigenvalue weighted by atomic mass is 16.6. The van der Waals surface area contributed by atoms with Crippen LogP contribution in [0.15, 0.2) is 48.8 Å². The zero-order valence-corrected chi connectivity index (χ0v) is 28.7. The Hall–Kier alpha value is -5.40. The number of rotatable bonds is 8. The van der Waals surface area contributed by atoms with E-state index in [1.807, 2.05) is 74.7 Å². The van der Waals surface area contributed by atoms with E-state index in [1.54, 1.807) is 6.07 Å². The van der Waals surface area contributed by atoms with Gasteiger partial charge in [-0.2, -0.15) is 0 Å². The molecule has 2 N–H and O–H groups in total. The zero-order chi connectivity index (χ0) is 35.2. The fraction of sp³-hybridized carbons (Fsp3) is 0.429. The van der Waals surface area contributed by atoms with Gasteiger partial charge in [0.1, 0.15) is 22.6 Å². The molecule has 1 amide bonds. The number of nitro benzene ring substituents is 1. The first-order valence-electron chi connectivity index (χ1n) is 16.1. The van der Waals surface area contributed by atoms with E-state index in [2.05, 4.69) is 15.6 Å². The van der Waals surface area contributed by atoms with Gasteiger partial charge >= 0.3 is 12.1 Å². The number of aromatic nitrogens is 3. The maximum absolute atomic E-state index is 12.8. The number of nitrogens with zero attached hydrogens (tertiary/aromatic N) is 5. The number of hydrogen-bond acceptors (Lipinski definition) is 11. The second-order valence-corrected chi connectivity index (χ2v) is 14.1. The van der Waals surface area contributed by atoms with Crippen LogP contribution >= 0.6 is 0 Å². The largest absolute Gasteiger partial charge is 0.494 e. The molecule has 0 bridgehead atoms. The number of alkyl carbamates (subject to hydrolysis) is 1. The first-order chi connectivity index (χ1) is 23.2. The van der Waals surface area contributed by atoms with Crippen LogP contribution in [0.25, 0.3) is 22.2 Å². The minimum Gasteiger partial charge on any atom is -0.494 e. The highest BCUT2D eigenvalue weighted by Crippen LogP contribution is 2.48. The summed E-state index contributed by atoms with van der Waals surface area (Å²) in [5.74, 6) is 0.350. The molecule has 14 nitrogen and oxygen atoms in total. The maximum atomic E-state index is 12.8. The van der Waals surface area contributed by atoms with Gasteiger partial charge in [-0.1, -0.05) is 18.2 Å². The normalized spacial score (nSPS) is 20.2. The van der Waals surface area contributed by atoms with Gasteiger partial charge in [-0.15, -0.1) is 0 Å². The molecule has 4 aromatic rings. The Morgan fingerprint density at radius 2 is 1.80 bits per heavy atom. The molecule has 49 heavy (non-hydrogen) atoms. The molecular weight excluding hydrogens is 630 g/mol. The number of benzene rings is 2. The molecule has 2 fully saturated rings. The molecule has 1 aliphatic heterocycles. The smallest absolute Gasteiger partial charge is 0.408 e. The lowest BCUT2D eigenvalue weighted by molar-refractivity contribution is -0.384. The van der Waals surface area contributed by atoms with E-state index in [-0.39, 0.29) is 29.0 Å². The number of aryl methyl sites for hydroxylation is 1. The Bertz CT molecular complexity index is 1940. The lowest BCUT2D eigenvalue weighted by Crippen LogP contribution is -2.47. The summed E-state index contributed by atoms with van der Waals surface area (Å²) in [7, 11) is 4.69. The summed E-state index contributed by atoms with van der Waals surface area (Å²) < 4.78 is 18.2. The highest BCUT2D eigenvalue weighted by molar-refractivity contribution is 6.03. The second kappa shape index (κ2) is 12.6. The van der Waals surface area contributed by atoms with Gasteiger partial charge in [0, 0.05) is 66.7 Å². The van der Waals surface area contributed by atoms with Gasteiger partial charge in [0.2, 0.25) is 5.95 Å². The number of anilines is 3. The quantitative estimate of drug-likeness (QED) is 0.124. The van der Waals surface area contributed by atoms with E-state index in [0.29, 0.717) is 41.5 Å². The molecule has 0 radical (unpaired) electrons. The molecule has 258 valence electrons. The summed E-state index contributed by atoms with van der Waals surface area (Å²) >= 11 is 0. The van der Waals surface area contributed by atoms with Gasteiger partial charge in [0.05, 0.1) is 30.5 Å². The molecule has 14 heteroatoms. The van der Waals surface area contributed by atoms with E-state index in [0.717, 1.165) is 23.7 Å². The number of ether oxygens (including phenoxy) is 3. The van der Waals surface area contributed by atoms with Crippen molar-refractivity contribution in [3.8, 4) is 17.0 Å². The lowest BCUT2D eigenvalue weighted by atomic mass is 9.98. The Morgan fingerprint density at radius 3 is 2.43 bits per heavy atom. The third kappa shape index (κ3) is 6.67. The van der Waals surface area contributed by atoms with Crippen molar-refractivity contribution in [2.45, 2.75) is 51.7 Å². The number of fused-ring (bicyclic) bond motifs is 2. The number of para-hydroxylation sites is 1. The number of esters is 1. The van der Waals surface area contributed by atoms with Crippen LogP contribution in [0.3, 0.4) is 0 Å². The van der Waals surface area contributed by atoms with Crippen molar-refractivity contribution >= 4 is 46.0 Å².